The van der Waals surface area contributed by atoms with Gasteiger partial charge in [-0.2, -0.15) is 5.10 Å². The highest BCUT2D eigenvalue weighted by molar-refractivity contribution is 7.80. The first-order valence-electron chi connectivity index (χ1n) is 8.38. The number of anilines is 1. The van der Waals surface area contributed by atoms with E-state index in [0.717, 1.165) is 15.8 Å². The van der Waals surface area contributed by atoms with Crippen molar-refractivity contribution in [3.8, 4) is 0 Å². The molecule has 0 atom stereocenters. The van der Waals surface area contributed by atoms with Gasteiger partial charge in [-0.05, 0) is 49.3 Å². The maximum atomic E-state index is 12.6. The summed E-state index contributed by atoms with van der Waals surface area (Å²) in [4.78, 5) is 24.8. The lowest BCUT2D eigenvalue weighted by molar-refractivity contribution is 0.0939. The van der Waals surface area contributed by atoms with Gasteiger partial charge in [0.15, 0.2) is 10.8 Å². The van der Waals surface area contributed by atoms with Crippen molar-refractivity contribution in [3.05, 3.63) is 68.6 Å². The molecule has 0 radical (unpaired) electrons. The van der Waals surface area contributed by atoms with Gasteiger partial charge in [0, 0.05) is 12.4 Å². The van der Waals surface area contributed by atoms with Crippen LogP contribution in [-0.2, 0) is 7.05 Å². The fourth-order valence-corrected chi connectivity index (χ4v) is 3.38. The Bertz CT molecular complexity index is 1140. The number of benzene rings is 2. The maximum absolute atomic E-state index is 12.6. The summed E-state index contributed by atoms with van der Waals surface area (Å²) in [7, 11) is 1.49. The van der Waals surface area contributed by atoms with Crippen LogP contribution >= 0.6 is 23.8 Å². The molecule has 1 aromatic heterocycles. The molecule has 144 valence electrons. The predicted molar refractivity (Wildman–Crippen MR) is 115 cm³/mol. The van der Waals surface area contributed by atoms with Crippen LogP contribution in [0.15, 0.2) is 41.2 Å². The van der Waals surface area contributed by atoms with E-state index in [0.29, 0.717) is 21.5 Å². The number of rotatable bonds is 2. The molecule has 2 aromatic carbocycles. The van der Waals surface area contributed by atoms with E-state index in [1.165, 1.54) is 7.05 Å². The highest BCUT2D eigenvalue weighted by atomic mass is 35.5. The van der Waals surface area contributed by atoms with E-state index < -0.39 is 5.91 Å². The number of carbonyl (C=O) groups is 1. The Hall–Kier alpha value is -2.97. The van der Waals surface area contributed by atoms with Crippen molar-refractivity contribution < 1.29 is 4.79 Å². The SMILES string of the molecule is Cc1cc(C)c(NC(=S)NNC(=O)c2nn(C)c(=O)c3ccccc23)c(Cl)c1. The van der Waals surface area contributed by atoms with E-state index in [1.807, 2.05) is 26.0 Å². The Morgan fingerprint density at radius 1 is 1.14 bits per heavy atom. The van der Waals surface area contributed by atoms with Gasteiger partial charge in [-0.25, -0.2) is 4.68 Å². The van der Waals surface area contributed by atoms with E-state index in [2.05, 4.69) is 21.3 Å². The third-order valence-corrected chi connectivity index (χ3v) is 4.63. The molecule has 0 saturated carbocycles. The van der Waals surface area contributed by atoms with E-state index in [4.69, 9.17) is 23.8 Å². The van der Waals surface area contributed by atoms with Crippen LogP contribution in [0.3, 0.4) is 0 Å². The van der Waals surface area contributed by atoms with E-state index >= 15 is 0 Å². The highest BCUT2D eigenvalue weighted by Gasteiger charge is 2.16. The molecule has 3 aromatic rings. The monoisotopic (exact) mass is 415 g/mol. The first kappa shape index (κ1) is 19.8. The van der Waals surface area contributed by atoms with Crippen molar-refractivity contribution in [3.63, 3.8) is 0 Å². The van der Waals surface area contributed by atoms with Gasteiger partial charge in [-0.1, -0.05) is 35.9 Å². The largest absolute Gasteiger partial charge is 0.330 e. The fourth-order valence-electron chi connectivity index (χ4n) is 2.86. The second-order valence-electron chi connectivity index (χ2n) is 6.29. The maximum Gasteiger partial charge on any atom is 0.290 e. The Morgan fingerprint density at radius 3 is 2.50 bits per heavy atom. The quantitative estimate of drug-likeness (QED) is 0.440. The van der Waals surface area contributed by atoms with Crippen LogP contribution in [0.25, 0.3) is 10.8 Å². The number of halogens is 1. The Labute approximate surface area is 171 Å². The number of amides is 1. The van der Waals surface area contributed by atoms with Crippen molar-refractivity contribution in [2.45, 2.75) is 13.8 Å². The van der Waals surface area contributed by atoms with Gasteiger partial charge in [-0.3, -0.25) is 20.4 Å². The lowest BCUT2D eigenvalue weighted by Crippen LogP contribution is -2.44. The van der Waals surface area contributed by atoms with E-state index in [1.54, 1.807) is 24.3 Å². The molecular formula is C19H18ClN5O2S. The summed E-state index contributed by atoms with van der Waals surface area (Å²) in [5.74, 6) is -0.525. The van der Waals surface area contributed by atoms with Crippen molar-refractivity contribution in [2.24, 2.45) is 7.05 Å². The van der Waals surface area contributed by atoms with Crippen LogP contribution in [0, 0.1) is 13.8 Å². The topological polar surface area (TPSA) is 88.0 Å². The van der Waals surface area contributed by atoms with Crippen LogP contribution in [0.5, 0.6) is 0 Å². The summed E-state index contributed by atoms with van der Waals surface area (Å²) >= 11 is 11.5. The zero-order valence-electron chi connectivity index (χ0n) is 15.5. The average molecular weight is 416 g/mol. The summed E-state index contributed by atoms with van der Waals surface area (Å²) in [5, 5.41) is 8.60. The molecule has 7 nitrogen and oxygen atoms in total. The lowest BCUT2D eigenvalue weighted by atomic mass is 10.1. The summed E-state index contributed by atoms with van der Waals surface area (Å²) in [5.41, 5.74) is 7.57. The number of nitrogens with zero attached hydrogens (tertiary/aromatic N) is 2. The minimum Gasteiger partial charge on any atom is -0.330 e. The van der Waals surface area contributed by atoms with Gasteiger partial charge < -0.3 is 5.32 Å². The summed E-state index contributed by atoms with van der Waals surface area (Å²) in [6, 6.07) is 10.6. The summed E-state index contributed by atoms with van der Waals surface area (Å²) in [6.45, 7) is 3.85. The Morgan fingerprint density at radius 2 is 1.82 bits per heavy atom. The van der Waals surface area contributed by atoms with E-state index in [-0.39, 0.29) is 16.4 Å². The van der Waals surface area contributed by atoms with Crippen LogP contribution in [-0.4, -0.2) is 20.8 Å². The normalized spacial score (nSPS) is 10.6. The second-order valence-corrected chi connectivity index (χ2v) is 7.11. The number of aromatic nitrogens is 2. The zero-order valence-corrected chi connectivity index (χ0v) is 17.0. The zero-order chi connectivity index (χ0) is 20.4. The minimum atomic E-state index is -0.525. The van der Waals surface area contributed by atoms with Gasteiger partial charge in [-0.15, -0.1) is 0 Å². The van der Waals surface area contributed by atoms with Crippen LogP contribution < -0.4 is 21.7 Å². The summed E-state index contributed by atoms with van der Waals surface area (Å²) in [6.07, 6.45) is 0. The highest BCUT2D eigenvalue weighted by Crippen LogP contribution is 2.27. The molecule has 9 heteroatoms. The van der Waals surface area contributed by atoms with Crippen LogP contribution in [0.4, 0.5) is 5.69 Å². The number of aryl methyl sites for hydroxylation is 3. The molecule has 0 spiro atoms. The molecule has 1 amide bonds. The third-order valence-electron chi connectivity index (χ3n) is 4.13. The van der Waals surface area contributed by atoms with Crippen molar-refractivity contribution in [2.75, 3.05) is 5.32 Å². The number of hydrazine groups is 1. The van der Waals surface area contributed by atoms with Crippen molar-refractivity contribution >= 4 is 51.3 Å². The van der Waals surface area contributed by atoms with Crippen LogP contribution in [0.1, 0.15) is 21.6 Å². The van der Waals surface area contributed by atoms with E-state index in [9.17, 15) is 9.59 Å². The molecule has 0 aliphatic carbocycles. The molecular weight excluding hydrogens is 398 g/mol. The number of nitrogens with one attached hydrogen (secondary N) is 3. The molecule has 1 heterocycles. The lowest BCUT2D eigenvalue weighted by Gasteiger charge is -2.15. The number of hydrogen-bond acceptors (Lipinski definition) is 4. The number of fused-ring (bicyclic) bond motifs is 1. The first-order valence-corrected chi connectivity index (χ1v) is 9.16. The predicted octanol–water partition coefficient (Wildman–Crippen LogP) is 2.84. The van der Waals surface area contributed by atoms with Gasteiger partial charge in [0.1, 0.15) is 0 Å². The fraction of sp³-hybridized carbons (Fsp3) is 0.158. The number of hydrogen-bond donors (Lipinski definition) is 3. The van der Waals surface area contributed by atoms with Gasteiger partial charge in [0.2, 0.25) is 0 Å². The van der Waals surface area contributed by atoms with Crippen molar-refractivity contribution in [1.82, 2.24) is 20.6 Å². The molecule has 0 aliphatic heterocycles. The van der Waals surface area contributed by atoms with Gasteiger partial charge in [0.25, 0.3) is 11.5 Å². The molecule has 0 unspecified atom stereocenters. The molecule has 0 bridgehead atoms. The molecule has 0 saturated heterocycles. The molecule has 3 rings (SSSR count). The summed E-state index contributed by atoms with van der Waals surface area (Å²) < 4.78 is 1.13. The van der Waals surface area contributed by atoms with Crippen LogP contribution in [0.2, 0.25) is 5.02 Å². The molecule has 28 heavy (non-hydrogen) atoms. The average Bonchev–Trinajstić information content (AvgIpc) is 2.65. The standard InChI is InChI=1S/C19H18ClN5O2S/c1-10-8-11(2)15(14(20)9-10)21-19(28)23-22-17(26)16-12-6-4-5-7-13(12)18(27)25(3)24-16/h4-9H,1-3H3,(H,22,26)(H2,21,23,28). The molecule has 0 fully saturated rings. The molecule has 0 aliphatic rings. The smallest absolute Gasteiger partial charge is 0.290 e. The van der Waals surface area contributed by atoms with Gasteiger partial charge in [0.05, 0.1) is 16.1 Å². The number of thiocarbonyl (C=S) groups is 1. The second kappa shape index (κ2) is 7.95. The van der Waals surface area contributed by atoms with Gasteiger partial charge >= 0.3 is 0 Å². The first-order chi connectivity index (χ1) is 13.3. The number of carbonyl (C=O) groups excluding carboxylic acids is 1. The van der Waals surface area contributed by atoms with Crippen molar-refractivity contribution in [1.29, 1.82) is 0 Å². The minimum absolute atomic E-state index is 0.109. The third kappa shape index (κ3) is 3.97. The molecule has 3 N–H and O–H groups in total. The Balaban J connectivity index is 1.76. The Kier molecular flexibility index (Phi) is 5.62.